The Morgan fingerprint density at radius 2 is 2.15 bits per heavy atom. The van der Waals surface area contributed by atoms with E-state index in [1.807, 2.05) is 7.05 Å². The first-order valence-corrected chi connectivity index (χ1v) is 8.20. The van der Waals surface area contributed by atoms with Crippen molar-refractivity contribution < 1.29 is 13.5 Å². The summed E-state index contributed by atoms with van der Waals surface area (Å²) in [7, 11) is -1.59. The molecule has 0 amide bonds. The van der Waals surface area contributed by atoms with Crippen LogP contribution in [0.3, 0.4) is 0 Å². The van der Waals surface area contributed by atoms with Gasteiger partial charge in [-0.15, -0.1) is 0 Å². The smallest absolute Gasteiger partial charge is 0.246 e. The summed E-state index contributed by atoms with van der Waals surface area (Å²) in [5.74, 6) is 0. The number of aliphatic hydroxyl groups is 1. The first-order valence-electron chi connectivity index (χ1n) is 6.76. The van der Waals surface area contributed by atoms with Crippen LogP contribution < -0.4 is 0 Å². The number of aromatic nitrogens is 2. The fourth-order valence-electron chi connectivity index (χ4n) is 2.62. The fourth-order valence-corrected chi connectivity index (χ4v) is 4.41. The van der Waals surface area contributed by atoms with Gasteiger partial charge in [-0.25, -0.2) is 8.42 Å². The van der Waals surface area contributed by atoms with E-state index in [1.165, 1.54) is 4.31 Å². The van der Waals surface area contributed by atoms with Gasteiger partial charge in [-0.3, -0.25) is 5.10 Å². The second-order valence-electron chi connectivity index (χ2n) is 5.19. The molecule has 0 bridgehead atoms. The molecule has 114 valence electrons. The van der Waals surface area contributed by atoms with E-state index in [0.717, 1.165) is 6.42 Å². The van der Waals surface area contributed by atoms with Crippen LogP contribution in [0, 0.1) is 6.92 Å². The first-order chi connectivity index (χ1) is 9.41. The van der Waals surface area contributed by atoms with Crippen LogP contribution in [-0.4, -0.2) is 65.7 Å². The van der Waals surface area contributed by atoms with Crippen molar-refractivity contribution in [1.29, 1.82) is 0 Å². The number of sulfonamides is 1. The van der Waals surface area contributed by atoms with E-state index in [0.29, 0.717) is 25.3 Å². The normalized spacial score (nSPS) is 22.3. The highest BCUT2D eigenvalue weighted by atomic mass is 32.2. The van der Waals surface area contributed by atoms with Crippen LogP contribution in [-0.2, 0) is 16.6 Å². The van der Waals surface area contributed by atoms with E-state index in [4.69, 9.17) is 0 Å². The Morgan fingerprint density at radius 1 is 1.45 bits per heavy atom. The minimum absolute atomic E-state index is 0.124. The van der Waals surface area contributed by atoms with Crippen molar-refractivity contribution in [3.8, 4) is 0 Å². The number of likely N-dealkylation sites (N-methyl/N-ethyl adjacent to an activating group) is 1. The van der Waals surface area contributed by atoms with E-state index in [2.05, 4.69) is 22.0 Å². The zero-order valence-electron chi connectivity index (χ0n) is 12.1. The van der Waals surface area contributed by atoms with E-state index >= 15 is 0 Å². The number of hydrogen-bond acceptors (Lipinski definition) is 5. The zero-order chi connectivity index (χ0) is 14.9. The average molecular weight is 302 g/mol. The number of rotatable bonds is 4. The zero-order valence-corrected chi connectivity index (χ0v) is 12.9. The molecular formula is C12H22N4O3S. The first kappa shape index (κ1) is 15.4. The molecule has 1 fully saturated rings. The summed E-state index contributed by atoms with van der Waals surface area (Å²) in [6.45, 7) is 4.98. The van der Waals surface area contributed by atoms with Gasteiger partial charge in [0, 0.05) is 25.7 Å². The van der Waals surface area contributed by atoms with Crippen molar-refractivity contribution in [1.82, 2.24) is 19.4 Å². The van der Waals surface area contributed by atoms with Gasteiger partial charge in [-0.05, 0) is 20.4 Å². The quantitative estimate of drug-likeness (QED) is 0.812. The summed E-state index contributed by atoms with van der Waals surface area (Å²) >= 11 is 0. The van der Waals surface area contributed by atoms with Gasteiger partial charge in [0.05, 0.1) is 12.3 Å². The largest absolute Gasteiger partial charge is 0.390 e. The third-order valence-corrected chi connectivity index (χ3v) is 5.99. The Balaban J connectivity index is 2.33. The summed E-state index contributed by atoms with van der Waals surface area (Å²) in [4.78, 5) is 2.31. The Hall–Kier alpha value is -0.960. The lowest BCUT2D eigenvalue weighted by Crippen LogP contribution is -2.52. The molecule has 0 radical (unpaired) electrons. The van der Waals surface area contributed by atoms with Gasteiger partial charge in [-0.1, -0.05) is 6.92 Å². The molecule has 1 aliphatic heterocycles. The summed E-state index contributed by atoms with van der Waals surface area (Å²) < 4.78 is 27.0. The molecule has 0 aromatic carbocycles. The number of hydrogen-bond donors (Lipinski definition) is 2. The highest BCUT2D eigenvalue weighted by Gasteiger charge is 2.35. The highest BCUT2D eigenvalue weighted by Crippen LogP contribution is 2.24. The molecule has 0 aliphatic carbocycles. The molecule has 2 heterocycles. The van der Waals surface area contributed by atoms with Crippen molar-refractivity contribution in [2.45, 2.75) is 37.8 Å². The molecule has 1 saturated heterocycles. The molecule has 2 rings (SSSR count). The maximum Gasteiger partial charge on any atom is 0.246 e. The number of H-pyrrole nitrogens is 1. The Bertz CT molecular complexity index is 569. The van der Waals surface area contributed by atoms with Gasteiger partial charge in [0.15, 0.2) is 0 Å². The lowest BCUT2D eigenvalue weighted by Gasteiger charge is -2.38. The van der Waals surface area contributed by atoms with Gasteiger partial charge in [0.2, 0.25) is 10.0 Å². The summed E-state index contributed by atoms with van der Waals surface area (Å²) in [5, 5.41) is 15.8. The van der Waals surface area contributed by atoms with Gasteiger partial charge in [-0.2, -0.15) is 9.40 Å². The summed E-state index contributed by atoms with van der Waals surface area (Å²) in [5.41, 5.74) is 0.663. The molecule has 1 unspecified atom stereocenters. The maximum absolute atomic E-state index is 12.8. The molecular weight excluding hydrogens is 280 g/mol. The van der Waals surface area contributed by atoms with Crippen molar-refractivity contribution in [2.24, 2.45) is 0 Å². The predicted molar refractivity (Wildman–Crippen MR) is 74.7 cm³/mol. The molecule has 0 saturated carbocycles. The van der Waals surface area contributed by atoms with Crippen molar-refractivity contribution >= 4 is 10.0 Å². The van der Waals surface area contributed by atoms with Crippen LogP contribution in [0.25, 0.3) is 0 Å². The van der Waals surface area contributed by atoms with Crippen LogP contribution in [0.5, 0.6) is 0 Å². The average Bonchev–Trinajstić information content (AvgIpc) is 2.80. The minimum atomic E-state index is -3.61. The van der Waals surface area contributed by atoms with E-state index in [9.17, 15) is 13.5 Å². The van der Waals surface area contributed by atoms with E-state index in [-0.39, 0.29) is 23.2 Å². The highest BCUT2D eigenvalue weighted by molar-refractivity contribution is 7.89. The van der Waals surface area contributed by atoms with Crippen LogP contribution in [0.2, 0.25) is 0 Å². The standard InChI is InChI=1S/C12H22N4O3S/c1-4-10-7-16(6-5-15(10)3)20(18,19)12-9(2)13-14-11(12)8-17/h10,17H,4-8H2,1-3H3,(H,13,14). The van der Waals surface area contributed by atoms with Crippen LogP contribution in [0.4, 0.5) is 0 Å². The molecule has 1 aromatic rings. The lowest BCUT2D eigenvalue weighted by atomic mass is 10.1. The fraction of sp³-hybridized carbons (Fsp3) is 0.750. The Kier molecular flexibility index (Phi) is 4.48. The van der Waals surface area contributed by atoms with Gasteiger partial charge >= 0.3 is 0 Å². The molecule has 1 atom stereocenters. The van der Waals surface area contributed by atoms with Crippen molar-refractivity contribution in [2.75, 3.05) is 26.7 Å². The topological polar surface area (TPSA) is 89.5 Å². The molecule has 2 N–H and O–H groups in total. The lowest BCUT2D eigenvalue weighted by molar-refractivity contribution is 0.144. The number of nitrogens with one attached hydrogen (secondary N) is 1. The number of piperazine rings is 1. The van der Waals surface area contributed by atoms with Crippen LogP contribution in [0.15, 0.2) is 4.90 Å². The van der Waals surface area contributed by atoms with Gasteiger partial charge in [0.25, 0.3) is 0 Å². The molecule has 1 aromatic heterocycles. The molecule has 20 heavy (non-hydrogen) atoms. The van der Waals surface area contributed by atoms with Crippen LogP contribution >= 0.6 is 0 Å². The monoisotopic (exact) mass is 302 g/mol. The second-order valence-corrected chi connectivity index (χ2v) is 7.06. The Morgan fingerprint density at radius 3 is 2.75 bits per heavy atom. The summed E-state index contributed by atoms with van der Waals surface area (Å²) in [6.07, 6.45) is 0.903. The van der Waals surface area contributed by atoms with Gasteiger partial charge < -0.3 is 10.0 Å². The van der Waals surface area contributed by atoms with E-state index < -0.39 is 10.0 Å². The molecule has 8 heteroatoms. The third-order valence-electron chi connectivity index (χ3n) is 3.92. The second kappa shape index (κ2) is 5.80. The van der Waals surface area contributed by atoms with Crippen LogP contribution in [0.1, 0.15) is 24.7 Å². The van der Waals surface area contributed by atoms with Crippen molar-refractivity contribution in [3.63, 3.8) is 0 Å². The SMILES string of the molecule is CCC1CN(S(=O)(=O)c2c(CO)n[nH]c2C)CCN1C. The van der Waals surface area contributed by atoms with Gasteiger partial charge in [0.1, 0.15) is 10.6 Å². The number of nitrogens with zero attached hydrogens (tertiary/aromatic N) is 3. The van der Waals surface area contributed by atoms with Crippen molar-refractivity contribution in [3.05, 3.63) is 11.4 Å². The molecule has 1 aliphatic rings. The number of aryl methyl sites for hydroxylation is 1. The number of aliphatic hydroxyl groups excluding tert-OH is 1. The Labute approximate surface area is 119 Å². The third kappa shape index (κ3) is 2.60. The number of aromatic amines is 1. The maximum atomic E-state index is 12.8. The molecule has 7 nitrogen and oxygen atoms in total. The van der Waals surface area contributed by atoms with E-state index in [1.54, 1.807) is 6.92 Å². The minimum Gasteiger partial charge on any atom is -0.390 e. The predicted octanol–water partition coefficient (Wildman–Crippen LogP) is -0.0749. The molecule has 0 spiro atoms. The summed E-state index contributed by atoms with van der Waals surface area (Å²) in [6, 6.07) is 0.225.